The summed E-state index contributed by atoms with van der Waals surface area (Å²) in [5, 5.41) is 3.03. The van der Waals surface area contributed by atoms with E-state index in [-0.39, 0.29) is 19.8 Å². The van der Waals surface area contributed by atoms with Gasteiger partial charge in [-0.3, -0.25) is 0 Å². The first kappa shape index (κ1) is 12.9. The van der Waals surface area contributed by atoms with E-state index in [9.17, 15) is 0 Å². The third kappa shape index (κ3) is 3.43. The molecule has 1 radical (unpaired) electrons. The minimum atomic E-state index is 0. The summed E-state index contributed by atoms with van der Waals surface area (Å²) >= 11 is 0. The smallest absolute Gasteiger partial charge is 0.373 e. The molecule has 1 aromatic heterocycles. The molecule has 0 atom stereocenters. The number of nitrogens with one attached hydrogen (secondary N) is 1. The van der Waals surface area contributed by atoms with Crippen LogP contribution in [0.15, 0.2) is 42.5 Å². The average molecular weight is 387 g/mol. The van der Waals surface area contributed by atoms with Crippen molar-refractivity contribution in [3.63, 3.8) is 0 Å². The Hall–Kier alpha value is -1.19. The molecule has 0 bridgehead atoms. The zero-order valence-electron chi connectivity index (χ0n) is 9.05. The van der Waals surface area contributed by atoms with Crippen molar-refractivity contribution in [2.75, 3.05) is 12.4 Å². The Morgan fingerprint density at radius 2 is 2.06 bits per heavy atom. The van der Waals surface area contributed by atoms with Crippen LogP contribution in [0.25, 0.3) is 0 Å². The average Bonchev–Trinajstić information content (AvgIpc) is 2.31. The number of rotatable bonds is 3. The third-order valence-electron chi connectivity index (χ3n) is 2.21. The van der Waals surface area contributed by atoms with Crippen molar-refractivity contribution in [1.82, 2.24) is 4.98 Å². The Labute approximate surface area is 109 Å². The molecule has 1 N–H and O–H groups in total. The molecule has 0 saturated carbocycles. The molecule has 0 aliphatic carbocycles. The Kier molecular flexibility index (Phi) is 5.15. The van der Waals surface area contributed by atoms with Crippen LogP contribution in [-0.2, 0) is 26.2 Å². The van der Waals surface area contributed by atoms with E-state index >= 15 is 0 Å². The number of pyridine rings is 1. The molecule has 0 aliphatic heterocycles. The van der Waals surface area contributed by atoms with Gasteiger partial charge in [-0.05, 0) is 18.6 Å². The van der Waals surface area contributed by atoms with E-state index in [2.05, 4.69) is 22.4 Å². The fraction of sp³-hybridized carbons (Fsp3) is 0.154. The maximum atomic E-state index is 4.46. The normalized spacial score (nSPS) is 9.31. The van der Waals surface area contributed by atoms with Crippen LogP contribution in [0.4, 0.5) is 5.82 Å². The number of hydrogen-bond acceptors (Lipinski definition) is 2. The first-order chi connectivity index (χ1) is 7.38. The van der Waals surface area contributed by atoms with Gasteiger partial charge in [0.1, 0.15) is 5.82 Å². The van der Waals surface area contributed by atoms with Crippen molar-refractivity contribution < 1.29 is 19.8 Å². The predicted octanol–water partition coefficient (Wildman–Crippen LogP) is 2.51. The minimum absolute atomic E-state index is 0. The molecular formula is C13H13N2Os. The Morgan fingerprint density at radius 3 is 2.75 bits per heavy atom. The molecule has 83 valence electrons. The molecule has 2 nitrogen and oxygen atoms in total. The fourth-order valence-electron chi connectivity index (χ4n) is 1.45. The van der Waals surface area contributed by atoms with E-state index in [1.807, 2.05) is 43.4 Å². The topological polar surface area (TPSA) is 24.9 Å². The van der Waals surface area contributed by atoms with Crippen molar-refractivity contribution in [3.8, 4) is 0 Å². The van der Waals surface area contributed by atoms with Gasteiger partial charge >= 0.3 is 19.8 Å². The monoisotopic (exact) mass is 389 g/mol. The second-order valence-corrected chi connectivity index (χ2v) is 3.33. The van der Waals surface area contributed by atoms with Crippen molar-refractivity contribution >= 4 is 5.82 Å². The summed E-state index contributed by atoms with van der Waals surface area (Å²) in [6, 6.07) is 17.2. The number of nitrogens with zero attached hydrogens (tertiary/aromatic N) is 1. The summed E-state index contributed by atoms with van der Waals surface area (Å²) in [4.78, 5) is 4.46. The molecule has 1 heterocycles. The Bertz CT molecular complexity index is 429. The van der Waals surface area contributed by atoms with Crippen LogP contribution in [0.2, 0.25) is 0 Å². The summed E-state index contributed by atoms with van der Waals surface area (Å²) in [6.45, 7) is 0. The molecule has 1 aromatic carbocycles. The second-order valence-electron chi connectivity index (χ2n) is 3.33. The first-order valence-corrected chi connectivity index (χ1v) is 4.98. The minimum Gasteiger partial charge on any atom is -0.373 e. The summed E-state index contributed by atoms with van der Waals surface area (Å²) in [7, 11) is 1.88. The molecular weight excluding hydrogens is 374 g/mol. The molecule has 2 rings (SSSR count). The van der Waals surface area contributed by atoms with Crippen molar-refractivity contribution in [2.45, 2.75) is 6.42 Å². The van der Waals surface area contributed by atoms with Gasteiger partial charge in [0.25, 0.3) is 0 Å². The summed E-state index contributed by atoms with van der Waals surface area (Å²) in [5.74, 6) is 0.906. The molecule has 2 aromatic rings. The van der Waals surface area contributed by atoms with Crippen LogP contribution >= 0.6 is 0 Å². The summed E-state index contributed by atoms with van der Waals surface area (Å²) < 4.78 is 0. The molecule has 0 aliphatic rings. The van der Waals surface area contributed by atoms with Crippen molar-refractivity contribution in [1.29, 1.82) is 0 Å². The standard InChI is InChI=1S/C13H13N2.Os/c1-14-13-9-5-8-12(15-13)10-11-6-3-2-4-7-11;/h2-6,8-9H,10H2,1H3,(H,14,15);/q-1;+1. The van der Waals surface area contributed by atoms with Gasteiger partial charge in [-0.2, -0.15) is 35.9 Å². The number of anilines is 1. The first-order valence-electron chi connectivity index (χ1n) is 4.98. The number of aromatic nitrogens is 1. The van der Waals surface area contributed by atoms with Gasteiger partial charge in [0.05, 0.1) is 0 Å². The van der Waals surface area contributed by atoms with Gasteiger partial charge in [0.15, 0.2) is 0 Å². The maximum absolute atomic E-state index is 4.46. The van der Waals surface area contributed by atoms with E-state index in [1.54, 1.807) is 0 Å². The fourth-order valence-corrected chi connectivity index (χ4v) is 1.45. The maximum Gasteiger partial charge on any atom is 1.00 e. The van der Waals surface area contributed by atoms with Crippen LogP contribution in [0.5, 0.6) is 0 Å². The van der Waals surface area contributed by atoms with Gasteiger partial charge < -0.3 is 5.32 Å². The molecule has 0 unspecified atom stereocenters. The zero-order chi connectivity index (χ0) is 10.5. The van der Waals surface area contributed by atoms with Gasteiger partial charge in [-0.1, -0.05) is 6.07 Å². The van der Waals surface area contributed by atoms with Gasteiger partial charge in [-0.15, -0.1) is 0 Å². The van der Waals surface area contributed by atoms with E-state index in [0.717, 1.165) is 17.9 Å². The quantitative estimate of drug-likeness (QED) is 0.819. The van der Waals surface area contributed by atoms with Crippen molar-refractivity contribution in [2.24, 2.45) is 0 Å². The van der Waals surface area contributed by atoms with Gasteiger partial charge in [0, 0.05) is 12.7 Å². The van der Waals surface area contributed by atoms with Gasteiger partial charge in [-0.25, -0.2) is 4.98 Å². The molecule has 0 saturated heterocycles. The Balaban J connectivity index is 0.00000128. The zero-order valence-corrected chi connectivity index (χ0v) is 11.6. The third-order valence-corrected chi connectivity index (χ3v) is 2.21. The van der Waals surface area contributed by atoms with Crippen LogP contribution in [0.3, 0.4) is 0 Å². The van der Waals surface area contributed by atoms with Crippen LogP contribution in [-0.4, -0.2) is 12.0 Å². The number of hydrogen-bond donors (Lipinski definition) is 1. The molecule has 16 heavy (non-hydrogen) atoms. The van der Waals surface area contributed by atoms with E-state index in [0.29, 0.717) is 0 Å². The van der Waals surface area contributed by atoms with Crippen LogP contribution in [0.1, 0.15) is 11.3 Å². The molecule has 0 fully saturated rings. The van der Waals surface area contributed by atoms with E-state index in [1.165, 1.54) is 5.56 Å². The second kappa shape index (κ2) is 6.40. The largest absolute Gasteiger partial charge is 1.00 e. The van der Waals surface area contributed by atoms with Gasteiger partial charge in [0.2, 0.25) is 0 Å². The Morgan fingerprint density at radius 1 is 1.19 bits per heavy atom. The molecule has 3 heteroatoms. The van der Waals surface area contributed by atoms with Crippen LogP contribution < -0.4 is 5.32 Å². The number of benzene rings is 1. The summed E-state index contributed by atoms with van der Waals surface area (Å²) in [5.41, 5.74) is 2.22. The predicted molar refractivity (Wildman–Crippen MR) is 61.9 cm³/mol. The van der Waals surface area contributed by atoms with E-state index < -0.39 is 0 Å². The molecule has 0 spiro atoms. The molecule has 0 amide bonds. The summed E-state index contributed by atoms with van der Waals surface area (Å²) in [6.07, 6.45) is 0.830. The van der Waals surface area contributed by atoms with Crippen LogP contribution in [0, 0.1) is 6.07 Å². The van der Waals surface area contributed by atoms with E-state index in [4.69, 9.17) is 0 Å². The van der Waals surface area contributed by atoms with Crippen molar-refractivity contribution in [3.05, 3.63) is 59.8 Å². The SMILES string of the molecule is CNc1cccc(Cc2[c-]cccc2)n1.[Os+].